The normalized spacial score (nSPS) is 22.7. The second-order valence-electron chi connectivity index (χ2n) is 10.1. The van der Waals surface area contributed by atoms with Crippen molar-refractivity contribution >= 4 is 23.8 Å². The molecule has 1 heterocycles. The van der Waals surface area contributed by atoms with E-state index in [0.717, 1.165) is 31.2 Å². The first-order valence-electron chi connectivity index (χ1n) is 13.3. The molecule has 3 rings (SSSR count). The molecule has 0 bridgehead atoms. The van der Waals surface area contributed by atoms with Crippen LogP contribution in [0, 0.1) is 5.92 Å². The number of carbonyl (C=O) groups is 4. The summed E-state index contributed by atoms with van der Waals surface area (Å²) in [5.74, 6) is -3.20. The minimum Gasteiger partial charge on any atom is -0.480 e. The summed E-state index contributed by atoms with van der Waals surface area (Å²) < 4.78 is 0. The van der Waals surface area contributed by atoms with Crippen LogP contribution in [0.3, 0.4) is 0 Å². The van der Waals surface area contributed by atoms with Crippen molar-refractivity contribution in [2.75, 3.05) is 13.1 Å². The van der Waals surface area contributed by atoms with Gasteiger partial charge in [-0.05, 0) is 63.0 Å². The highest BCUT2D eigenvalue weighted by Gasteiger charge is 2.49. The number of carboxylic acids is 3. The van der Waals surface area contributed by atoms with Crippen molar-refractivity contribution in [3.05, 3.63) is 35.9 Å². The Morgan fingerprint density at radius 2 is 1.68 bits per heavy atom. The molecule has 3 unspecified atom stereocenters. The van der Waals surface area contributed by atoms with Gasteiger partial charge in [-0.15, -0.1) is 0 Å². The van der Waals surface area contributed by atoms with Gasteiger partial charge in [0.05, 0.1) is 12.6 Å². The number of hydrogen-bond acceptors (Lipinski definition) is 6. The Kier molecular flexibility index (Phi) is 10.9. The molecule has 1 aromatic rings. The molecule has 5 atom stereocenters. The van der Waals surface area contributed by atoms with Crippen molar-refractivity contribution in [1.82, 2.24) is 15.5 Å². The van der Waals surface area contributed by atoms with E-state index in [2.05, 4.69) is 10.6 Å². The number of unbranched alkanes of at least 4 members (excludes halogenated alkanes) is 1. The van der Waals surface area contributed by atoms with E-state index in [1.54, 1.807) is 0 Å². The highest BCUT2D eigenvalue weighted by molar-refractivity contribution is 5.88. The summed E-state index contributed by atoms with van der Waals surface area (Å²) in [6.45, 7) is 0.300. The molecule has 5 N–H and O–H groups in total. The summed E-state index contributed by atoms with van der Waals surface area (Å²) in [6, 6.07) is 6.71. The Morgan fingerprint density at radius 3 is 2.35 bits per heavy atom. The Labute approximate surface area is 217 Å². The van der Waals surface area contributed by atoms with Crippen molar-refractivity contribution in [3.63, 3.8) is 0 Å². The largest absolute Gasteiger partial charge is 0.480 e. The number of aliphatic carboxylic acids is 3. The van der Waals surface area contributed by atoms with E-state index in [0.29, 0.717) is 38.6 Å². The molecule has 1 aliphatic heterocycles. The van der Waals surface area contributed by atoms with E-state index in [4.69, 9.17) is 5.11 Å². The number of likely N-dealkylation sites (tertiary alicyclic amines) is 1. The zero-order valence-corrected chi connectivity index (χ0v) is 21.2. The molecule has 2 fully saturated rings. The Balaban J connectivity index is 1.73. The van der Waals surface area contributed by atoms with E-state index >= 15 is 0 Å². The van der Waals surface area contributed by atoms with Crippen LogP contribution in [0.4, 0.5) is 0 Å². The van der Waals surface area contributed by atoms with E-state index < -0.39 is 36.0 Å². The van der Waals surface area contributed by atoms with Gasteiger partial charge in [-0.3, -0.25) is 19.7 Å². The summed E-state index contributed by atoms with van der Waals surface area (Å²) >= 11 is 0. The average molecular weight is 518 g/mol. The van der Waals surface area contributed by atoms with Crippen LogP contribution in [0.2, 0.25) is 0 Å². The van der Waals surface area contributed by atoms with Gasteiger partial charge >= 0.3 is 17.9 Å². The fourth-order valence-corrected chi connectivity index (χ4v) is 5.73. The Morgan fingerprint density at radius 1 is 0.946 bits per heavy atom. The molecule has 2 aliphatic rings. The van der Waals surface area contributed by atoms with Crippen LogP contribution in [-0.4, -0.2) is 81.3 Å². The maximum atomic E-state index is 13.9. The lowest BCUT2D eigenvalue weighted by molar-refractivity contribution is -0.151. The molecule has 204 valence electrons. The predicted octanol–water partition coefficient (Wildman–Crippen LogP) is 2.12. The number of aryl methyl sites for hydroxylation is 1. The maximum Gasteiger partial charge on any atom is 0.326 e. The van der Waals surface area contributed by atoms with Gasteiger partial charge in [0.1, 0.15) is 12.1 Å². The molecular weight excluding hydrogens is 478 g/mol. The predicted molar refractivity (Wildman–Crippen MR) is 136 cm³/mol. The number of nitrogens with zero attached hydrogens (tertiary/aromatic N) is 1. The molecule has 1 amide bonds. The minimum absolute atomic E-state index is 0.128. The maximum absolute atomic E-state index is 13.9. The van der Waals surface area contributed by atoms with Crippen LogP contribution < -0.4 is 10.6 Å². The van der Waals surface area contributed by atoms with E-state index in [9.17, 15) is 29.4 Å². The molecule has 1 saturated carbocycles. The quantitative estimate of drug-likeness (QED) is 0.220. The van der Waals surface area contributed by atoms with Gasteiger partial charge < -0.3 is 25.5 Å². The molecule has 0 aromatic heterocycles. The fraction of sp³-hybridized carbons (Fsp3) is 0.630. The zero-order valence-electron chi connectivity index (χ0n) is 21.2. The van der Waals surface area contributed by atoms with Crippen molar-refractivity contribution in [2.45, 2.75) is 88.4 Å². The van der Waals surface area contributed by atoms with Crippen molar-refractivity contribution in [1.29, 1.82) is 0 Å². The molecule has 1 saturated heterocycles. The van der Waals surface area contributed by atoms with Crippen LogP contribution in [0.25, 0.3) is 0 Å². The summed E-state index contributed by atoms with van der Waals surface area (Å²) in [6.07, 6.45) is 6.39. The van der Waals surface area contributed by atoms with Gasteiger partial charge in [0, 0.05) is 6.04 Å². The Hall–Kier alpha value is -2.98. The summed E-state index contributed by atoms with van der Waals surface area (Å²) in [5, 5.41) is 34.5. The topological polar surface area (TPSA) is 156 Å². The van der Waals surface area contributed by atoms with Crippen LogP contribution in [0.1, 0.15) is 63.4 Å². The van der Waals surface area contributed by atoms with Gasteiger partial charge in [-0.1, -0.05) is 49.6 Å². The third-order valence-corrected chi connectivity index (χ3v) is 7.56. The summed E-state index contributed by atoms with van der Waals surface area (Å²) in [4.78, 5) is 50.3. The standard InChI is InChI=1S/C27H39N3O7/c31-24(32)17-28-15-7-6-11-20(29-21(26(34)35)14-13-18-8-2-1-3-9-18)25(33)30-22-12-5-4-10-19(22)16-23(30)27(36)37/h1-3,8-9,19-23,28-29H,4-7,10-17H2,(H,31,32)(H,34,35)(H,36,37)/t19?,20-,21-,22?,23?/m0/s1. The second-order valence-corrected chi connectivity index (χ2v) is 10.1. The highest BCUT2D eigenvalue weighted by Crippen LogP contribution is 2.40. The van der Waals surface area contributed by atoms with Crippen LogP contribution >= 0.6 is 0 Å². The van der Waals surface area contributed by atoms with Gasteiger partial charge in [0.2, 0.25) is 5.91 Å². The highest BCUT2D eigenvalue weighted by atomic mass is 16.4. The molecular formula is C27H39N3O7. The van der Waals surface area contributed by atoms with E-state index in [1.807, 2.05) is 30.3 Å². The number of hydrogen-bond donors (Lipinski definition) is 5. The lowest BCUT2D eigenvalue weighted by Crippen LogP contribution is -2.56. The third-order valence-electron chi connectivity index (χ3n) is 7.56. The van der Waals surface area contributed by atoms with E-state index in [-0.39, 0.29) is 30.8 Å². The van der Waals surface area contributed by atoms with Crippen molar-refractivity contribution in [2.24, 2.45) is 5.92 Å². The smallest absolute Gasteiger partial charge is 0.326 e. The van der Waals surface area contributed by atoms with Crippen LogP contribution in [-0.2, 0) is 25.6 Å². The zero-order chi connectivity index (χ0) is 26.8. The number of fused-ring (bicyclic) bond motifs is 1. The van der Waals surface area contributed by atoms with Crippen molar-refractivity contribution in [3.8, 4) is 0 Å². The molecule has 37 heavy (non-hydrogen) atoms. The average Bonchev–Trinajstić information content (AvgIpc) is 3.27. The summed E-state index contributed by atoms with van der Waals surface area (Å²) in [7, 11) is 0. The molecule has 10 nitrogen and oxygen atoms in total. The number of benzene rings is 1. The molecule has 0 spiro atoms. The number of nitrogens with one attached hydrogen (secondary N) is 2. The first-order valence-corrected chi connectivity index (χ1v) is 13.3. The van der Waals surface area contributed by atoms with Gasteiger partial charge in [-0.25, -0.2) is 4.79 Å². The lowest BCUT2D eigenvalue weighted by Gasteiger charge is -2.36. The van der Waals surface area contributed by atoms with Crippen LogP contribution in [0.5, 0.6) is 0 Å². The van der Waals surface area contributed by atoms with Gasteiger partial charge in [0.25, 0.3) is 0 Å². The molecule has 1 aromatic carbocycles. The second kappa shape index (κ2) is 14.1. The molecule has 1 aliphatic carbocycles. The molecule has 0 radical (unpaired) electrons. The Bertz CT molecular complexity index is 926. The minimum atomic E-state index is -1.05. The number of carbonyl (C=O) groups excluding carboxylic acids is 1. The van der Waals surface area contributed by atoms with Crippen LogP contribution in [0.15, 0.2) is 30.3 Å². The van der Waals surface area contributed by atoms with Crippen molar-refractivity contribution < 1.29 is 34.5 Å². The number of amides is 1. The lowest BCUT2D eigenvalue weighted by atomic mass is 9.84. The SMILES string of the molecule is O=C(O)CNCCCC[C@H](N[C@@H](CCc1ccccc1)C(=O)O)C(=O)N1C(C(=O)O)CC2CCCCC21. The fourth-order valence-electron chi connectivity index (χ4n) is 5.73. The number of rotatable bonds is 15. The first kappa shape index (κ1) is 28.6. The summed E-state index contributed by atoms with van der Waals surface area (Å²) in [5.41, 5.74) is 0.999. The van der Waals surface area contributed by atoms with E-state index in [1.165, 1.54) is 4.90 Å². The van der Waals surface area contributed by atoms with Gasteiger partial charge in [-0.2, -0.15) is 0 Å². The monoisotopic (exact) mass is 517 g/mol. The first-order chi connectivity index (χ1) is 17.8. The molecule has 10 heteroatoms. The number of carboxylic acid groups (broad SMARTS) is 3. The third kappa shape index (κ3) is 8.26. The van der Waals surface area contributed by atoms with Gasteiger partial charge in [0.15, 0.2) is 0 Å².